The Bertz CT molecular complexity index is 1630. The first-order chi connectivity index (χ1) is 20.6. The highest BCUT2D eigenvalue weighted by Gasteiger charge is 2.26. The van der Waals surface area contributed by atoms with Crippen LogP contribution in [0.15, 0.2) is 78.7 Å². The van der Waals surface area contributed by atoms with Gasteiger partial charge in [0.15, 0.2) is 0 Å². The molecule has 0 bridgehead atoms. The minimum absolute atomic E-state index is 0.283. The zero-order valence-electron chi connectivity index (χ0n) is 23.7. The summed E-state index contributed by atoms with van der Waals surface area (Å²) in [5.74, 6) is 1.48. The van der Waals surface area contributed by atoms with E-state index < -0.39 is 0 Å². The number of hydroxylamine groups is 1. The van der Waals surface area contributed by atoms with Crippen molar-refractivity contribution in [2.45, 2.75) is 38.8 Å². The quantitative estimate of drug-likeness (QED) is 0.223. The van der Waals surface area contributed by atoms with E-state index in [1.165, 1.54) is 0 Å². The molecule has 10 heteroatoms. The number of benzene rings is 2. The van der Waals surface area contributed by atoms with Gasteiger partial charge in [-0.15, -0.1) is 11.3 Å². The Labute approximate surface area is 249 Å². The minimum atomic E-state index is -0.283. The molecule has 0 unspecified atom stereocenters. The molecular weight excluding hydrogens is 546 g/mol. The van der Waals surface area contributed by atoms with Crippen molar-refractivity contribution in [1.29, 1.82) is 0 Å². The van der Waals surface area contributed by atoms with E-state index in [0.29, 0.717) is 18.2 Å². The molecule has 214 valence electrons. The maximum Gasteiger partial charge on any atom is 0.274 e. The molecule has 6 rings (SSSR count). The van der Waals surface area contributed by atoms with Crippen molar-refractivity contribution in [3.8, 4) is 11.1 Å². The lowest BCUT2D eigenvalue weighted by Crippen LogP contribution is -2.44. The van der Waals surface area contributed by atoms with Crippen molar-refractivity contribution < 1.29 is 9.63 Å². The molecule has 1 aliphatic rings. The zero-order chi connectivity index (χ0) is 28.9. The molecule has 5 aromatic rings. The van der Waals surface area contributed by atoms with Gasteiger partial charge >= 0.3 is 0 Å². The summed E-state index contributed by atoms with van der Waals surface area (Å²) < 4.78 is 1.06. The third kappa shape index (κ3) is 5.95. The number of nitrogens with zero attached hydrogens (tertiary/aromatic N) is 6. The van der Waals surface area contributed by atoms with E-state index in [-0.39, 0.29) is 5.91 Å². The van der Waals surface area contributed by atoms with Crippen LogP contribution >= 0.6 is 11.3 Å². The number of carbonyl (C=O) groups is 1. The topological polar surface area (TPSA) is 96.4 Å². The standard InChI is InChI=1S/C32H33N7O2S/c1-3-22-17-33-32(34-18-22)39-15-13-26(14-16-39)38(2)30-29-28(35-21-36-30)27(20-42-29)24-9-11-25(12-10-24)31(40)37-41-19-23-7-5-4-6-8-23/h4-12,17-18,20-21,26H,3,13-16,19H2,1-2H3,(H,37,40). The van der Waals surface area contributed by atoms with E-state index in [1.807, 2.05) is 67.0 Å². The molecule has 42 heavy (non-hydrogen) atoms. The van der Waals surface area contributed by atoms with Gasteiger partial charge < -0.3 is 9.80 Å². The first-order valence-corrected chi connectivity index (χ1v) is 15.1. The van der Waals surface area contributed by atoms with Crippen LogP contribution < -0.4 is 15.3 Å². The molecule has 0 radical (unpaired) electrons. The first-order valence-electron chi connectivity index (χ1n) is 14.2. The highest BCUT2D eigenvalue weighted by Crippen LogP contribution is 2.38. The molecule has 0 atom stereocenters. The van der Waals surface area contributed by atoms with Crippen LogP contribution in [0.2, 0.25) is 0 Å². The Morgan fingerprint density at radius 3 is 2.45 bits per heavy atom. The number of amides is 1. The van der Waals surface area contributed by atoms with Crippen LogP contribution in [-0.4, -0.2) is 52.0 Å². The third-order valence-electron chi connectivity index (χ3n) is 7.77. The van der Waals surface area contributed by atoms with Crippen LogP contribution in [0.1, 0.15) is 41.3 Å². The van der Waals surface area contributed by atoms with Gasteiger partial charge in [0.1, 0.15) is 12.1 Å². The molecule has 0 aliphatic carbocycles. The normalized spacial score (nSPS) is 13.8. The van der Waals surface area contributed by atoms with Crippen LogP contribution in [0.3, 0.4) is 0 Å². The highest BCUT2D eigenvalue weighted by atomic mass is 32.1. The summed E-state index contributed by atoms with van der Waals surface area (Å²) >= 11 is 1.65. The maximum atomic E-state index is 12.6. The predicted molar refractivity (Wildman–Crippen MR) is 167 cm³/mol. The van der Waals surface area contributed by atoms with Gasteiger partial charge in [0.2, 0.25) is 5.95 Å². The molecule has 9 nitrogen and oxygen atoms in total. The number of hydrogen-bond donors (Lipinski definition) is 1. The molecular formula is C32H33N7O2S. The van der Waals surface area contributed by atoms with E-state index in [4.69, 9.17) is 9.82 Å². The molecule has 4 heterocycles. The van der Waals surface area contributed by atoms with E-state index in [1.54, 1.807) is 17.7 Å². The number of aryl methyl sites for hydroxylation is 1. The fraction of sp³-hybridized carbons (Fsp3) is 0.281. The second-order valence-electron chi connectivity index (χ2n) is 10.4. The van der Waals surface area contributed by atoms with Crippen LogP contribution in [-0.2, 0) is 17.9 Å². The van der Waals surface area contributed by atoms with Gasteiger partial charge in [0.25, 0.3) is 5.91 Å². The molecule has 0 saturated carbocycles. The van der Waals surface area contributed by atoms with Crippen molar-refractivity contribution in [1.82, 2.24) is 25.4 Å². The van der Waals surface area contributed by atoms with Gasteiger partial charge in [-0.3, -0.25) is 9.63 Å². The van der Waals surface area contributed by atoms with Crippen LogP contribution in [0.25, 0.3) is 21.3 Å². The van der Waals surface area contributed by atoms with Crippen molar-refractivity contribution in [3.05, 3.63) is 95.4 Å². The Morgan fingerprint density at radius 1 is 1.00 bits per heavy atom. The molecule has 2 aromatic carbocycles. The second-order valence-corrected chi connectivity index (χ2v) is 11.3. The van der Waals surface area contributed by atoms with E-state index >= 15 is 0 Å². The molecule has 1 amide bonds. The molecule has 1 saturated heterocycles. The number of piperidine rings is 1. The summed E-state index contributed by atoms with van der Waals surface area (Å²) in [6.45, 7) is 4.23. The number of thiophene rings is 1. The number of fused-ring (bicyclic) bond motifs is 1. The summed E-state index contributed by atoms with van der Waals surface area (Å²) in [5.41, 5.74) is 8.14. The fourth-order valence-corrected chi connectivity index (χ4v) is 6.29. The number of carbonyl (C=O) groups excluding carboxylic acids is 1. The first kappa shape index (κ1) is 27.7. The van der Waals surface area contributed by atoms with Gasteiger partial charge in [0.05, 0.1) is 16.8 Å². The van der Waals surface area contributed by atoms with Crippen molar-refractivity contribution in [2.24, 2.45) is 0 Å². The summed E-state index contributed by atoms with van der Waals surface area (Å²) in [6, 6.07) is 17.6. The van der Waals surface area contributed by atoms with Crippen LogP contribution in [0.4, 0.5) is 11.8 Å². The predicted octanol–water partition coefficient (Wildman–Crippen LogP) is 5.68. The zero-order valence-corrected chi connectivity index (χ0v) is 24.6. The van der Waals surface area contributed by atoms with E-state index in [2.05, 4.69) is 49.6 Å². The Kier molecular flexibility index (Phi) is 8.34. The Morgan fingerprint density at radius 2 is 1.74 bits per heavy atom. The van der Waals surface area contributed by atoms with Crippen molar-refractivity contribution >= 4 is 39.2 Å². The smallest absolute Gasteiger partial charge is 0.274 e. The molecule has 1 aliphatic heterocycles. The number of aromatic nitrogens is 4. The summed E-state index contributed by atoms with van der Waals surface area (Å²) in [6.07, 6.45) is 8.44. The molecule has 3 aromatic heterocycles. The SMILES string of the molecule is CCc1cnc(N2CCC(N(C)c3ncnc4c(-c5ccc(C(=O)NOCc6ccccc6)cc5)csc34)CC2)nc1. The van der Waals surface area contributed by atoms with Crippen molar-refractivity contribution in [2.75, 3.05) is 29.9 Å². The average Bonchev–Trinajstić information content (AvgIpc) is 3.50. The highest BCUT2D eigenvalue weighted by molar-refractivity contribution is 7.18. The summed E-state index contributed by atoms with van der Waals surface area (Å²) in [4.78, 5) is 41.0. The number of nitrogens with one attached hydrogen (secondary N) is 1. The van der Waals surface area contributed by atoms with E-state index in [0.717, 1.165) is 76.6 Å². The number of anilines is 2. The van der Waals surface area contributed by atoms with E-state index in [9.17, 15) is 4.79 Å². The molecule has 1 N–H and O–H groups in total. The summed E-state index contributed by atoms with van der Waals surface area (Å²) in [7, 11) is 2.13. The number of rotatable bonds is 9. The Hall–Kier alpha value is -4.41. The monoisotopic (exact) mass is 579 g/mol. The summed E-state index contributed by atoms with van der Waals surface area (Å²) in [5, 5.41) is 2.12. The van der Waals surface area contributed by atoms with Gasteiger partial charge in [-0.1, -0.05) is 49.4 Å². The molecule has 0 spiro atoms. The lowest BCUT2D eigenvalue weighted by atomic mass is 10.0. The Balaban J connectivity index is 1.11. The third-order valence-corrected chi connectivity index (χ3v) is 8.73. The van der Waals surface area contributed by atoms with Gasteiger partial charge in [-0.2, -0.15) is 0 Å². The van der Waals surface area contributed by atoms with Gasteiger partial charge in [-0.05, 0) is 48.1 Å². The van der Waals surface area contributed by atoms with Crippen molar-refractivity contribution in [3.63, 3.8) is 0 Å². The van der Waals surface area contributed by atoms with Gasteiger partial charge in [0, 0.05) is 55.1 Å². The largest absolute Gasteiger partial charge is 0.355 e. The van der Waals surface area contributed by atoms with Gasteiger partial charge in [-0.25, -0.2) is 25.4 Å². The second kappa shape index (κ2) is 12.6. The van der Waals surface area contributed by atoms with Crippen LogP contribution in [0.5, 0.6) is 0 Å². The minimum Gasteiger partial charge on any atom is -0.355 e. The lowest BCUT2D eigenvalue weighted by Gasteiger charge is -2.37. The fourth-order valence-electron chi connectivity index (χ4n) is 5.23. The maximum absolute atomic E-state index is 12.6. The number of hydrogen-bond acceptors (Lipinski definition) is 9. The molecule has 1 fully saturated rings. The van der Waals surface area contributed by atoms with Crippen LogP contribution in [0, 0.1) is 0 Å². The lowest BCUT2D eigenvalue weighted by molar-refractivity contribution is 0.0233. The average molecular weight is 580 g/mol.